The van der Waals surface area contributed by atoms with Crippen LogP contribution in [-0.4, -0.2) is 19.5 Å². The molecule has 1 aliphatic carbocycles. The van der Waals surface area contributed by atoms with Crippen LogP contribution < -0.4 is 0 Å². The van der Waals surface area contributed by atoms with Gasteiger partial charge in [-0.1, -0.05) is 200 Å². The van der Waals surface area contributed by atoms with Gasteiger partial charge < -0.3 is 4.57 Å². The molecule has 0 spiro atoms. The Balaban J connectivity index is 0.907. The molecule has 3 heterocycles. The Hall–Kier alpha value is -8.77. The number of para-hydroxylation sites is 2. The van der Waals surface area contributed by atoms with Crippen LogP contribution in [0.1, 0.15) is 22.3 Å². The predicted octanol–water partition coefficient (Wildman–Crippen LogP) is 16.4. The van der Waals surface area contributed by atoms with E-state index in [0.29, 0.717) is 17.5 Å². The highest BCUT2D eigenvalue weighted by atomic mass is 32.1. The molecule has 0 bridgehead atoms. The quantitative estimate of drug-likeness (QED) is 0.160. The van der Waals surface area contributed by atoms with E-state index in [1.54, 1.807) is 0 Å². The first kappa shape index (κ1) is 39.4. The summed E-state index contributed by atoms with van der Waals surface area (Å²) in [6.45, 7) is 0. The van der Waals surface area contributed by atoms with E-state index in [1.807, 2.05) is 29.5 Å². The number of hydrogen-bond donors (Lipinski definition) is 0. The van der Waals surface area contributed by atoms with E-state index in [1.165, 1.54) is 80.9 Å². The fourth-order valence-electron chi connectivity index (χ4n) is 11.1. The molecular formula is C64H40N4S. The molecule has 5 heteroatoms. The molecule has 0 amide bonds. The number of hydrogen-bond acceptors (Lipinski definition) is 4. The molecular weight excluding hydrogens is 857 g/mol. The van der Waals surface area contributed by atoms with E-state index in [-0.39, 0.29) is 0 Å². The van der Waals surface area contributed by atoms with Crippen LogP contribution in [-0.2, 0) is 5.41 Å². The van der Waals surface area contributed by atoms with Gasteiger partial charge in [-0.2, -0.15) is 0 Å². The molecule has 13 aromatic rings. The number of thiophene rings is 1. The van der Waals surface area contributed by atoms with Gasteiger partial charge in [-0.15, -0.1) is 11.3 Å². The largest absolute Gasteiger partial charge is 0.309 e. The van der Waals surface area contributed by atoms with Gasteiger partial charge in [0, 0.05) is 53.3 Å². The minimum absolute atomic E-state index is 0.538. The molecule has 10 aromatic carbocycles. The van der Waals surface area contributed by atoms with Crippen LogP contribution in [0.5, 0.6) is 0 Å². The molecule has 322 valence electrons. The first-order chi connectivity index (χ1) is 34.2. The van der Waals surface area contributed by atoms with Gasteiger partial charge in [-0.25, -0.2) is 15.0 Å². The Morgan fingerprint density at radius 3 is 1.59 bits per heavy atom. The predicted molar refractivity (Wildman–Crippen MR) is 286 cm³/mol. The van der Waals surface area contributed by atoms with Crippen LogP contribution in [0, 0.1) is 0 Å². The van der Waals surface area contributed by atoms with Gasteiger partial charge in [0.15, 0.2) is 17.5 Å². The lowest BCUT2D eigenvalue weighted by Gasteiger charge is -2.33. The van der Waals surface area contributed by atoms with E-state index < -0.39 is 5.41 Å². The lowest BCUT2D eigenvalue weighted by atomic mass is 9.67. The first-order valence-electron chi connectivity index (χ1n) is 23.4. The average Bonchev–Trinajstić information content (AvgIpc) is 4.07. The third-order valence-electron chi connectivity index (χ3n) is 14.1. The average molecular weight is 897 g/mol. The van der Waals surface area contributed by atoms with Crippen molar-refractivity contribution in [3.8, 4) is 62.1 Å². The number of aromatic nitrogens is 4. The highest BCUT2D eigenvalue weighted by molar-refractivity contribution is 7.25. The zero-order valence-corrected chi connectivity index (χ0v) is 38.1. The van der Waals surface area contributed by atoms with Crippen LogP contribution in [0.4, 0.5) is 0 Å². The molecule has 0 saturated carbocycles. The molecule has 0 N–H and O–H groups in total. The topological polar surface area (TPSA) is 43.6 Å². The number of benzene rings is 10. The van der Waals surface area contributed by atoms with Gasteiger partial charge >= 0.3 is 0 Å². The lowest BCUT2D eigenvalue weighted by Crippen LogP contribution is -2.28. The summed E-state index contributed by atoms with van der Waals surface area (Å²) in [5.74, 6) is 1.93. The highest BCUT2D eigenvalue weighted by Gasteiger charge is 2.47. The Bertz CT molecular complexity index is 4080. The summed E-state index contributed by atoms with van der Waals surface area (Å²) in [4.78, 5) is 15.9. The molecule has 4 nitrogen and oxygen atoms in total. The van der Waals surface area contributed by atoms with Crippen molar-refractivity contribution >= 4 is 53.3 Å². The second-order valence-corrected chi connectivity index (χ2v) is 19.0. The molecule has 69 heavy (non-hydrogen) atoms. The minimum atomic E-state index is -0.538. The highest BCUT2D eigenvalue weighted by Crippen LogP contribution is 2.58. The Morgan fingerprint density at radius 2 is 0.855 bits per heavy atom. The summed E-state index contributed by atoms with van der Waals surface area (Å²) >= 11 is 1.82. The van der Waals surface area contributed by atoms with Gasteiger partial charge in [-0.3, -0.25) is 0 Å². The number of fused-ring (bicyclic) bond motifs is 9. The molecule has 0 aliphatic heterocycles. The third-order valence-corrected chi connectivity index (χ3v) is 15.3. The number of nitrogens with zero attached hydrogens (tertiary/aromatic N) is 4. The molecule has 1 aliphatic rings. The van der Waals surface area contributed by atoms with Crippen molar-refractivity contribution in [3.63, 3.8) is 0 Å². The zero-order chi connectivity index (χ0) is 45.5. The Labute approximate surface area is 403 Å². The van der Waals surface area contributed by atoms with Crippen LogP contribution in [0.25, 0.3) is 104 Å². The monoisotopic (exact) mass is 896 g/mol. The van der Waals surface area contributed by atoms with Crippen molar-refractivity contribution < 1.29 is 0 Å². The van der Waals surface area contributed by atoms with Crippen molar-refractivity contribution in [1.82, 2.24) is 19.5 Å². The molecule has 0 fully saturated rings. The van der Waals surface area contributed by atoms with E-state index in [0.717, 1.165) is 27.9 Å². The first-order valence-corrected chi connectivity index (χ1v) is 24.2. The van der Waals surface area contributed by atoms with E-state index in [2.05, 4.69) is 229 Å². The summed E-state index contributed by atoms with van der Waals surface area (Å²) in [5.41, 5.74) is 15.5. The third kappa shape index (κ3) is 6.11. The van der Waals surface area contributed by atoms with E-state index >= 15 is 0 Å². The lowest BCUT2D eigenvalue weighted by molar-refractivity contribution is 0.768. The van der Waals surface area contributed by atoms with Crippen molar-refractivity contribution in [2.75, 3.05) is 0 Å². The van der Waals surface area contributed by atoms with E-state index in [9.17, 15) is 0 Å². The molecule has 0 atom stereocenters. The van der Waals surface area contributed by atoms with Gasteiger partial charge in [0.2, 0.25) is 0 Å². The van der Waals surface area contributed by atoms with E-state index in [4.69, 9.17) is 15.0 Å². The van der Waals surface area contributed by atoms with Crippen molar-refractivity contribution in [1.29, 1.82) is 0 Å². The maximum atomic E-state index is 5.41. The van der Waals surface area contributed by atoms with Crippen LogP contribution >= 0.6 is 11.3 Å². The second kappa shape index (κ2) is 15.7. The van der Waals surface area contributed by atoms with Crippen LogP contribution in [0.15, 0.2) is 243 Å². The smallest absolute Gasteiger partial charge is 0.164 e. The van der Waals surface area contributed by atoms with Gasteiger partial charge in [0.25, 0.3) is 0 Å². The molecule has 0 radical (unpaired) electrons. The summed E-state index contributed by atoms with van der Waals surface area (Å²) in [6, 6.07) is 87.4. The maximum absolute atomic E-state index is 5.41. The summed E-state index contributed by atoms with van der Waals surface area (Å²) in [6.07, 6.45) is 0. The van der Waals surface area contributed by atoms with Crippen LogP contribution in [0.2, 0.25) is 0 Å². The van der Waals surface area contributed by atoms with Gasteiger partial charge in [-0.05, 0) is 87.0 Å². The van der Waals surface area contributed by atoms with Crippen molar-refractivity contribution in [2.24, 2.45) is 0 Å². The number of rotatable bonds is 7. The Kier molecular flexibility index (Phi) is 8.95. The fraction of sp³-hybridized carbons (Fsp3) is 0.0156. The molecule has 0 saturated heterocycles. The summed E-state index contributed by atoms with van der Waals surface area (Å²) in [7, 11) is 0. The van der Waals surface area contributed by atoms with Gasteiger partial charge in [0.05, 0.1) is 16.4 Å². The minimum Gasteiger partial charge on any atom is -0.309 e. The summed E-state index contributed by atoms with van der Waals surface area (Å²) in [5, 5.41) is 4.96. The molecule has 3 aromatic heterocycles. The fourth-order valence-corrected chi connectivity index (χ4v) is 12.3. The molecule has 0 unspecified atom stereocenters. The molecule has 14 rings (SSSR count). The maximum Gasteiger partial charge on any atom is 0.164 e. The second-order valence-electron chi connectivity index (χ2n) is 17.9. The van der Waals surface area contributed by atoms with Crippen molar-refractivity contribution in [3.05, 3.63) is 265 Å². The summed E-state index contributed by atoms with van der Waals surface area (Å²) < 4.78 is 4.80. The van der Waals surface area contributed by atoms with Crippen molar-refractivity contribution in [2.45, 2.75) is 5.41 Å². The standard InChI is InChI=1S/C64H40N4S/c1-5-18-41(19-6-1)61-65-62(67-63(66-61)52-28-17-30-55-60(52)51-27-13-15-29-54(51)64(55,45-20-7-2-8-21-45)46-22-9-3-10-23-46)44-33-36-50-49-35-32-43(39-58(49)69-59(50)40-44)42-34-37-57-53(38-42)48-26-14-16-31-56(48)68(57)47-24-11-4-12-25-47/h1-40H. The van der Waals surface area contributed by atoms with Gasteiger partial charge in [0.1, 0.15) is 0 Å². The Morgan fingerprint density at radius 1 is 0.333 bits per heavy atom. The SMILES string of the molecule is c1ccc(-c2nc(-c3ccc4c(c3)sc3cc(-c5ccc6c(c5)c5ccccc5n6-c5ccccc5)ccc34)nc(-c3cccc4c3-c3ccccc3C4(c3ccccc3)c3ccccc3)n2)cc1. The zero-order valence-electron chi connectivity index (χ0n) is 37.3. The van der Waals surface area contributed by atoms with Crippen LogP contribution in [0.3, 0.4) is 0 Å². The normalized spacial score (nSPS) is 12.8.